The van der Waals surface area contributed by atoms with E-state index in [9.17, 15) is 0 Å². The number of nitrogens with one attached hydrogen (secondary N) is 1. The Morgan fingerprint density at radius 1 is 1.42 bits per heavy atom. The van der Waals surface area contributed by atoms with Crippen LogP contribution in [0.15, 0.2) is 28.9 Å². The number of likely N-dealkylation sites (N-methyl/N-ethyl adjacent to an activating group) is 1. The highest BCUT2D eigenvalue weighted by Crippen LogP contribution is 2.26. The predicted molar refractivity (Wildman–Crippen MR) is 80.0 cm³/mol. The molecule has 102 valence electrons. The van der Waals surface area contributed by atoms with Gasteiger partial charge < -0.3 is 5.32 Å². The summed E-state index contributed by atoms with van der Waals surface area (Å²) in [6.07, 6.45) is 2.80. The van der Waals surface area contributed by atoms with Crippen molar-refractivity contribution in [2.24, 2.45) is 7.05 Å². The average molecular weight is 323 g/mol. The standard InChI is InChI=1S/C14H19BrN4/c1-4-16-14(8-11-9-19(3)18-17-11)12-6-5-10(2)7-13(12)15/h5-7,9,14,16H,4,8H2,1-3H3. The Hall–Kier alpha value is -1.20. The van der Waals surface area contributed by atoms with E-state index < -0.39 is 0 Å². The highest BCUT2D eigenvalue weighted by atomic mass is 79.9. The van der Waals surface area contributed by atoms with Gasteiger partial charge in [0.25, 0.3) is 0 Å². The highest BCUT2D eigenvalue weighted by Gasteiger charge is 2.15. The van der Waals surface area contributed by atoms with Crippen molar-refractivity contribution in [2.45, 2.75) is 26.3 Å². The van der Waals surface area contributed by atoms with Crippen molar-refractivity contribution in [1.82, 2.24) is 20.3 Å². The fourth-order valence-electron chi connectivity index (χ4n) is 2.15. The van der Waals surface area contributed by atoms with Gasteiger partial charge in [-0.05, 0) is 30.7 Å². The molecule has 1 aromatic carbocycles. The van der Waals surface area contributed by atoms with Gasteiger partial charge in [0.2, 0.25) is 0 Å². The number of aromatic nitrogens is 3. The quantitative estimate of drug-likeness (QED) is 0.920. The van der Waals surface area contributed by atoms with Crippen LogP contribution < -0.4 is 5.32 Å². The van der Waals surface area contributed by atoms with E-state index in [1.807, 2.05) is 13.2 Å². The lowest BCUT2D eigenvalue weighted by Crippen LogP contribution is -2.23. The van der Waals surface area contributed by atoms with E-state index in [0.29, 0.717) is 0 Å². The summed E-state index contributed by atoms with van der Waals surface area (Å²) in [5.74, 6) is 0. The first-order valence-corrected chi connectivity index (χ1v) is 7.24. The summed E-state index contributed by atoms with van der Waals surface area (Å²) in [7, 11) is 1.89. The van der Waals surface area contributed by atoms with Crippen LogP contribution in [0.25, 0.3) is 0 Å². The number of hydrogen-bond acceptors (Lipinski definition) is 3. The molecular formula is C14H19BrN4. The topological polar surface area (TPSA) is 42.7 Å². The molecule has 1 atom stereocenters. The third kappa shape index (κ3) is 3.64. The molecular weight excluding hydrogens is 304 g/mol. The van der Waals surface area contributed by atoms with Gasteiger partial charge in [0.15, 0.2) is 0 Å². The molecule has 5 heteroatoms. The minimum Gasteiger partial charge on any atom is -0.310 e. The van der Waals surface area contributed by atoms with Crippen molar-refractivity contribution >= 4 is 15.9 Å². The van der Waals surface area contributed by atoms with Crippen LogP contribution in [0, 0.1) is 6.92 Å². The normalized spacial score (nSPS) is 12.6. The molecule has 0 aliphatic heterocycles. The summed E-state index contributed by atoms with van der Waals surface area (Å²) >= 11 is 3.66. The molecule has 0 saturated carbocycles. The minimum atomic E-state index is 0.247. The molecule has 19 heavy (non-hydrogen) atoms. The maximum absolute atomic E-state index is 4.17. The Morgan fingerprint density at radius 3 is 2.79 bits per heavy atom. The van der Waals surface area contributed by atoms with Crippen LogP contribution >= 0.6 is 15.9 Å². The molecule has 0 bridgehead atoms. The SMILES string of the molecule is CCNC(Cc1cn(C)nn1)c1ccc(C)cc1Br. The van der Waals surface area contributed by atoms with Crippen molar-refractivity contribution in [3.63, 3.8) is 0 Å². The molecule has 0 aliphatic rings. The predicted octanol–water partition coefficient (Wildman–Crippen LogP) is 2.78. The number of aryl methyl sites for hydroxylation is 2. The molecule has 0 fully saturated rings. The summed E-state index contributed by atoms with van der Waals surface area (Å²) < 4.78 is 2.88. The van der Waals surface area contributed by atoms with Crippen LogP contribution in [0.3, 0.4) is 0 Å². The lowest BCUT2D eigenvalue weighted by molar-refractivity contribution is 0.541. The molecule has 4 nitrogen and oxygen atoms in total. The van der Waals surface area contributed by atoms with Gasteiger partial charge in [-0.3, -0.25) is 4.68 Å². The second-order valence-electron chi connectivity index (χ2n) is 4.72. The van der Waals surface area contributed by atoms with E-state index in [1.54, 1.807) is 4.68 Å². The van der Waals surface area contributed by atoms with Crippen molar-refractivity contribution in [3.8, 4) is 0 Å². The first kappa shape index (κ1) is 14.2. The van der Waals surface area contributed by atoms with Crippen molar-refractivity contribution in [3.05, 3.63) is 45.7 Å². The zero-order valence-corrected chi connectivity index (χ0v) is 13.1. The van der Waals surface area contributed by atoms with Gasteiger partial charge in [-0.1, -0.05) is 40.2 Å². The summed E-state index contributed by atoms with van der Waals surface area (Å²) in [4.78, 5) is 0. The maximum Gasteiger partial charge on any atom is 0.0845 e. The number of rotatable bonds is 5. The number of benzene rings is 1. The maximum atomic E-state index is 4.17. The molecule has 1 heterocycles. The van der Waals surface area contributed by atoms with E-state index in [0.717, 1.165) is 23.1 Å². The van der Waals surface area contributed by atoms with Gasteiger partial charge in [0, 0.05) is 30.2 Å². The Kier molecular flexibility index (Phi) is 4.71. The van der Waals surface area contributed by atoms with E-state index in [2.05, 4.69) is 63.6 Å². The van der Waals surface area contributed by atoms with Gasteiger partial charge in [-0.15, -0.1) is 5.10 Å². The number of nitrogens with zero attached hydrogens (tertiary/aromatic N) is 3. The molecule has 0 saturated heterocycles. The first-order valence-electron chi connectivity index (χ1n) is 6.44. The zero-order valence-electron chi connectivity index (χ0n) is 11.5. The van der Waals surface area contributed by atoms with Crippen LogP contribution in [-0.2, 0) is 13.5 Å². The Bertz CT molecular complexity index is 550. The van der Waals surface area contributed by atoms with Crippen molar-refractivity contribution in [2.75, 3.05) is 6.54 Å². The fourth-order valence-corrected chi connectivity index (χ4v) is 2.92. The van der Waals surface area contributed by atoms with E-state index >= 15 is 0 Å². The van der Waals surface area contributed by atoms with Crippen LogP contribution in [0.1, 0.15) is 29.8 Å². The monoisotopic (exact) mass is 322 g/mol. The average Bonchev–Trinajstić information content (AvgIpc) is 2.74. The lowest BCUT2D eigenvalue weighted by atomic mass is 10.0. The van der Waals surface area contributed by atoms with E-state index in [1.165, 1.54) is 11.1 Å². The molecule has 1 aromatic heterocycles. The summed E-state index contributed by atoms with van der Waals surface area (Å²) in [5.41, 5.74) is 3.52. The summed E-state index contributed by atoms with van der Waals surface area (Å²) in [5, 5.41) is 11.7. The largest absolute Gasteiger partial charge is 0.310 e. The smallest absolute Gasteiger partial charge is 0.0845 e. The summed E-state index contributed by atoms with van der Waals surface area (Å²) in [6.45, 7) is 5.14. The van der Waals surface area contributed by atoms with Gasteiger partial charge >= 0.3 is 0 Å². The van der Waals surface area contributed by atoms with Crippen molar-refractivity contribution in [1.29, 1.82) is 0 Å². The van der Waals surface area contributed by atoms with Crippen LogP contribution in [0.2, 0.25) is 0 Å². The molecule has 2 rings (SSSR count). The lowest BCUT2D eigenvalue weighted by Gasteiger charge is -2.19. The molecule has 1 unspecified atom stereocenters. The fraction of sp³-hybridized carbons (Fsp3) is 0.429. The molecule has 0 amide bonds. The van der Waals surface area contributed by atoms with Gasteiger partial charge in [0.1, 0.15) is 0 Å². The van der Waals surface area contributed by atoms with Gasteiger partial charge in [0.05, 0.1) is 5.69 Å². The van der Waals surface area contributed by atoms with Crippen molar-refractivity contribution < 1.29 is 0 Å². The zero-order chi connectivity index (χ0) is 13.8. The van der Waals surface area contributed by atoms with Crippen LogP contribution in [0.4, 0.5) is 0 Å². The molecule has 2 aromatic rings. The number of halogens is 1. The molecule has 0 radical (unpaired) electrons. The third-order valence-electron chi connectivity index (χ3n) is 3.05. The summed E-state index contributed by atoms with van der Waals surface area (Å²) in [6, 6.07) is 6.71. The van der Waals surface area contributed by atoms with Gasteiger partial charge in [-0.25, -0.2) is 0 Å². The molecule has 0 aliphatic carbocycles. The molecule has 1 N–H and O–H groups in total. The Morgan fingerprint density at radius 2 is 2.21 bits per heavy atom. The minimum absolute atomic E-state index is 0.247. The van der Waals surface area contributed by atoms with Crippen LogP contribution in [0.5, 0.6) is 0 Å². The second kappa shape index (κ2) is 6.30. The second-order valence-corrected chi connectivity index (χ2v) is 5.58. The molecule has 0 spiro atoms. The van der Waals surface area contributed by atoms with E-state index in [-0.39, 0.29) is 6.04 Å². The Balaban J connectivity index is 2.23. The van der Waals surface area contributed by atoms with Crippen LogP contribution in [-0.4, -0.2) is 21.5 Å². The highest BCUT2D eigenvalue weighted by molar-refractivity contribution is 9.10. The van der Waals surface area contributed by atoms with E-state index in [4.69, 9.17) is 0 Å². The first-order chi connectivity index (χ1) is 9.10. The van der Waals surface area contributed by atoms with Gasteiger partial charge in [-0.2, -0.15) is 0 Å². The number of hydrogen-bond donors (Lipinski definition) is 1. The Labute approximate surface area is 122 Å². The third-order valence-corrected chi connectivity index (χ3v) is 3.73.